The van der Waals surface area contributed by atoms with Gasteiger partial charge in [0.1, 0.15) is 5.69 Å². The number of carbonyl (C=O) groups is 1. The minimum atomic E-state index is -0.124. The number of likely N-dealkylation sites (N-methyl/N-ethyl adjacent to an activating group) is 1. The summed E-state index contributed by atoms with van der Waals surface area (Å²) in [6.45, 7) is 5.58. The van der Waals surface area contributed by atoms with E-state index in [1.165, 1.54) is 0 Å². The fourth-order valence-corrected chi connectivity index (χ4v) is 2.05. The number of amides is 1. The third kappa shape index (κ3) is 5.16. The molecule has 0 aliphatic heterocycles. The Labute approximate surface area is 137 Å². The molecule has 0 bridgehead atoms. The number of pyridine rings is 1. The van der Waals surface area contributed by atoms with Crippen molar-refractivity contribution >= 4 is 41.5 Å². The monoisotopic (exact) mass is 329 g/mol. The molecule has 1 aromatic heterocycles. The maximum atomic E-state index is 12.2. The average Bonchev–Trinajstić information content (AvgIpc) is 2.44. The first kappa shape index (κ1) is 19.6. The molecular weight excluding hydrogens is 309 g/mol. The van der Waals surface area contributed by atoms with Gasteiger partial charge in [0.15, 0.2) is 0 Å². The van der Waals surface area contributed by atoms with Gasteiger partial charge < -0.3 is 10.6 Å². The van der Waals surface area contributed by atoms with Gasteiger partial charge in [0.05, 0.1) is 0 Å². The van der Waals surface area contributed by atoms with Gasteiger partial charge in [-0.3, -0.25) is 9.78 Å². The summed E-state index contributed by atoms with van der Waals surface area (Å²) in [5.74, 6) is -0.124. The zero-order valence-corrected chi connectivity index (χ0v) is 13.8. The lowest BCUT2D eigenvalue weighted by Gasteiger charge is -2.13. The molecule has 1 aromatic carbocycles. The number of rotatable bonds is 5. The summed E-state index contributed by atoms with van der Waals surface area (Å²) in [5.41, 5.74) is 0.488. The molecular formula is C15H21Cl2N3O. The quantitative estimate of drug-likeness (QED) is 0.886. The van der Waals surface area contributed by atoms with E-state index in [0.29, 0.717) is 12.2 Å². The second-order valence-corrected chi connectivity index (χ2v) is 4.55. The molecule has 1 heterocycles. The van der Waals surface area contributed by atoms with E-state index in [0.717, 1.165) is 17.3 Å². The van der Waals surface area contributed by atoms with Crippen LogP contribution in [-0.2, 0) is 0 Å². The largest absolute Gasteiger partial charge is 0.349 e. The second-order valence-electron chi connectivity index (χ2n) is 4.55. The standard InChI is InChI=1S/C15H19N3O.2ClH/c1-3-16-11(2)10-18-15(19)14-13-7-5-4-6-12(13)8-9-17-14;;/h4-9,11,16H,3,10H2,1-2H3,(H,18,19);2*1H/t11-;;/m1../s1. The van der Waals surface area contributed by atoms with Crippen LogP contribution in [0.2, 0.25) is 0 Å². The highest BCUT2D eigenvalue weighted by Crippen LogP contribution is 2.15. The predicted molar refractivity (Wildman–Crippen MR) is 91.7 cm³/mol. The van der Waals surface area contributed by atoms with E-state index in [2.05, 4.69) is 15.6 Å². The Kier molecular flexibility index (Phi) is 8.93. The van der Waals surface area contributed by atoms with Gasteiger partial charge in [-0.05, 0) is 24.9 Å². The first-order chi connectivity index (χ1) is 9.22. The number of aromatic nitrogens is 1. The van der Waals surface area contributed by atoms with Gasteiger partial charge in [0.25, 0.3) is 5.91 Å². The maximum Gasteiger partial charge on any atom is 0.270 e. The van der Waals surface area contributed by atoms with Gasteiger partial charge in [-0.1, -0.05) is 31.2 Å². The third-order valence-electron chi connectivity index (χ3n) is 3.01. The van der Waals surface area contributed by atoms with E-state index in [1.807, 2.05) is 44.2 Å². The normalized spacial score (nSPS) is 11.1. The van der Waals surface area contributed by atoms with Crippen LogP contribution >= 0.6 is 24.8 Å². The Morgan fingerprint density at radius 1 is 1.24 bits per heavy atom. The van der Waals surface area contributed by atoms with Crippen LogP contribution in [0, 0.1) is 0 Å². The number of nitrogens with zero attached hydrogens (tertiary/aromatic N) is 1. The molecule has 1 atom stereocenters. The number of halogens is 2. The third-order valence-corrected chi connectivity index (χ3v) is 3.01. The van der Waals surface area contributed by atoms with E-state index in [4.69, 9.17) is 0 Å². The Bertz CT molecular complexity index is 572. The number of benzene rings is 1. The number of fused-ring (bicyclic) bond motifs is 1. The van der Waals surface area contributed by atoms with Crippen molar-refractivity contribution in [3.8, 4) is 0 Å². The molecule has 1 amide bonds. The molecule has 0 unspecified atom stereocenters. The first-order valence-electron chi connectivity index (χ1n) is 6.57. The molecule has 2 rings (SSSR count). The van der Waals surface area contributed by atoms with Crippen molar-refractivity contribution in [2.75, 3.05) is 13.1 Å². The van der Waals surface area contributed by atoms with Crippen LogP contribution in [0.1, 0.15) is 24.3 Å². The lowest BCUT2D eigenvalue weighted by Crippen LogP contribution is -2.39. The van der Waals surface area contributed by atoms with Crippen molar-refractivity contribution < 1.29 is 4.79 Å². The molecule has 0 aliphatic carbocycles. The molecule has 4 nitrogen and oxygen atoms in total. The summed E-state index contributed by atoms with van der Waals surface area (Å²) in [5, 5.41) is 8.08. The lowest BCUT2D eigenvalue weighted by molar-refractivity contribution is 0.0947. The fourth-order valence-electron chi connectivity index (χ4n) is 2.05. The van der Waals surface area contributed by atoms with E-state index in [9.17, 15) is 4.79 Å². The van der Waals surface area contributed by atoms with Crippen LogP contribution in [0.25, 0.3) is 10.8 Å². The summed E-state index contributed by atoms with van der Waals surface area (Å²) in [4.78, 5) is 16.4. The highest BCUT2D eigenvalue weighted by Gasteiger charge is 2.11. The molecule has 0 aliphatic rings. The van der Waals surface area contributed by atoms with Gasteiger partial charge in [0.2, 0.25) is 0 Å². The molecule has 0 radical (unpaired) electrons. The predicted octanol–water partition coefficient (Wildman–Crippen LogP) is 2.81. The molecule has 2 N–H and O–H groups in total. The van der Waals surface area contributed by atoms with Gasteiger partial charge >= 0.3 is 0 Å². The Morgan fingerprint density at radius 3 is 2.67 bits per heavy atom. The van der Waals surface area contributed by atoms with Crippen LogP contribution in [0.5, 0.6) is 0 Å². The molecule has 21 heavy (non-hydrogen) atoms. The van der Waals surface area contributed by atoms with Crippen LogP contribution in [-0.4, -0.2) is 30.0 Å². The van der Waals surface area contributed by atoms with Crippen LogP contribution < -0.4 is 10.6 Å². The number of hydrogen-bond acceptors (Lipinski definition) is 3. The summed E-state index contributed by atoms with van der Waals surface area (Å²) in [7, 11) is 0. The van der Waals surface area contributed by atoms with Crippen molar-refractivity contribution in [3.63, 3.8) is 0 Å². The van der Waals surface area contributed by atoms with Gasteiger partial charge in [-0.15, -0.1) is 24.8 Å². The summed E-state index contributed by atoms with van der Waals surface area (Å²) in [6.07, 6.45) is 1.67. The van der Waals surface area contributed by atoms with Crippen molar-refractivity contribution in [1.82, 2.24) is 15.6 Å². The van der Waals surface area contributed by atoms with Crippen molar-refractivity contribution in [2.45, 2.75) is 19.9 Å². The topological polar surface area (TPSA) is 54.0 Å². The molecule has 0 fully saturated rings. The molecule has 0 spiro atoms. The number of nitrogens with one attached hydrogen (secondary N) is 2. The minimum Gasteiger partial charge on any atom is -0.349 e. The Hall–Kier alpha value is -1.36. The van der Waals surface area contributed by atoms with Gasteiger partial charge in [0, 0.05) is 24.2 Å². The van der Waals surface area contributed by atoms with E-state index >= 15 is 0 Å². The summed E-state index contributed by atoms with van der Waals surface area (Å²) >= 11 is 0. The molecule has 6 heteroatoms. The SMILES string of the molecule is CCN[C@H](C)CNC(=O)c1nccc2ccccc12.Cl.Cl. The van der Waals surface area contributed by atoms with Gasteiger partial charge in [-0.25, -0.2) is 0 Å². The summed E-state index contributed by atoms with van der Waals surface area (Å²) in [6, 6.07) is 9.94. The average molecular weight is 330 g/mol. The zero-order chi connectivity index (χ0) is 13.7. The number of hydrogen-bond donors (Lipinski definition) is 2. The smallest absolute Gasteiger partial charge is 0.270 e. The Morgan fingerprint density at radius 2 is 1.95 bits per heavy atom. The molecule has 116 valence electrons. The van der Waals surface area contributed by atoms with Crippen molar-refractivity contribution in [2.24, 2.45) is 0 Å². The van der Waals surface area contributed by atoms with Crippen LogP contribution in [0.15, 0.2) is 36.5 Å². The van der Waals surface area contributed by atoms with Gasteiger partial charge in [-0.2, -0.15) is 0 Å². The van der Waals surface area contributed by atoms with Crippen LogP contribution in [0.4, 0.5) is 0 Å². The second kappa shape index (κ2) is 9.55. The highest BCUT2D eigenvalue weighted by atomic mass is 35.5. The van der Waals surface area contributed by atoms with E-state index < -0.39 is 0 Å². The molecule has 2 aromatic rings. The number of carbonyl (C=O) groups excluding carboxylic acids is 1. The highest BCUT2D eigenvalue weighted by molar-refractivity contribution is 6.05. The maximum absolute atomic E-state index is 12.2. The molecule has 0 saturated heterocycles. The van der Waals surface area contributed by atoms with Crippen molar-refractivity contribution in [3.05, 3.63) is 42.2 Å². The lowest BCUT2D eigenvalue weighted by atomic mass is 10.1. The zero-order valence-electron chi connectivity index (χ0n) is 12.1. The summed E-state index contributed by atoms with van der Waals surface area (Å²) < 4.78 is 0. The van der Waals surface area contributed by atoms with Crippen molar-refractivity contribution in [1.29, 1.82) is 0 Å². The van der Waals surface area contributed by atoms with Crippen LogP contribution in [0.3, 0.4) is 0 Å². The minimum absolute atomic E-state index is 0. The van der Waals surface area contributed by atoms with E-state index in [1.54, 1.807) is 6.20 Å². The van der Waals surface area contributed by atoms with E-state index in [-0.39, 0.29) is 36.8 Å². The first-order valence-corrected chi connectivity index (χ1v) is 6.57. The fraction of sp³-hybridized carbons (Fsp3) is 0.333. The Balaban J connectivity index is 0.00000200. The molecule has 0 saturated carbocycles.